The minimum atomic E-state index is -0.990. The van der Waals surface area contributed by atoms with E-state index in [9.17, 15) is 15.0 Å². The van der Waals surface area contributed by atoms with E-state index in [2.05, 4.69) is 10.3 Å². The van der Waals surface area contributed by atoms with Gasteiger partial charge in [0.05, 0.1) is 5.60 Å². The number of nitrogens with one attached hydrogen (secondary N) is 1. The van der Waals surface area contributed by atoms with Crippen LogP contribution in [0, 0.1) is 13.8 Å². The van der Waals surface area contributed by atoms with Gasteiger partial charge in [-0.05, 0) is 38.3 Å². The van der Waals surface area contributed by atoms with Crippen LogP contribution in [0.5, 0.6) is 0 Å². The zero-order chi connectivity index (χ0) is 15.5. The van der Waals surface area contributed by atoms with Crippen LogP contribution in [0.15, 0.2) is 6.07 Å². The molecule has 1 aliphatic rings. The van der Waals surface area contributed by atoms with E-state index in [1.54, 1.807) is 13.0 Å². The van der Waals surface area contributed by atoms with E-state index >= 15 is 0 Å². The van der Waals surface area contributed by atoms with Crippen LogP contribution in [0.2, 0.25) is 0 Å². The molecule has 1 saturated carbocycles. The summed E-state index contributed by atoms with van der Waals surface area (Å²) in [6.45, 7) is 3.96. The van der Waals surface area contributed by atoms with Gasteiger partial charge in [-0.25, -0.2) is 9.78 Å². The maximum atomic E-state index is 11.4. The summed E-state index contributed by atoms with van der Waals surface area (Å²) in [6.07, 6.45) is 5.86. The smallest absolute Gasteiger partial charge is 0.339 e. The Hall–Kier alpha value is -1.62. The molecule has 0 bridgehead atoms. The highest BCUT2D eigenvalue weighted by Gasteiger charge is 2.28. The van der Waals surface area contributed by atoms with Gasteiger partial charge >= 0.3 is 5.97 Å². The average molecular weight is 292 g/mol. The fraction of sp³-hybridized carbons (Fsp3) is 0.625. The van der Waals surface area contributed by atoms with E-state index in [-0.39, 0.29) is 5.56 Å². The second-order valence-electron chi connectivity index (χ2n) is 6.10. The molecule has 0 atom stereocenters. The van der Waals surface area contributed by atoms with Crippen molar-refractivity contribution in [1.29, 1.82) is 0 Å². The van der Waals surface area contributed by atoms with Crippen LogP contribution < -0.4 is 5.32 Å². The minimum Gasteiger partial charge on any atom is -0.478 e. The van der Waals surface area contributed by atoms with E-state index in [1.807, 2.05) is 6.92 Å². The van der Waals surface area contributed by atoms with Crippen molar-refractivity contribution in [2.75, 3.05) is 11.9 Å². The first kappa shape index (κ1) is 15.8. The van der Waals surface area contributed by atoms with Gasteiger partial charge in [-0.1, -0.05) is 25.7 Å². The lowest BCUT2D eigenvalue weighted by Crippen LogP contribution is -2.36. The monoisotopic (exact) mass is 292 g/mol. The number of aryl methyl sites for hydroxylation is 2. The summed E-state index contributed by atoms with van der Waals surface area (Å²) in [4.78, 5) is 15.7. The predicted octanol–water partition coefficient (Wildman–Crippen LogP) is 2.89. The van der Waals surface area contributed by atoms with Crippen LogP contribution in [0.4, 0.5) is 5.82 Å². The molecular weight excluding hydrogens is 268 g/mol. The number of hydrogen-bond donors (Lipinski definition) is 3. The van der Waals surface area contributed by atoms with Gasteiger partial charge in [-0.15, -0.1) is 0 Å². The van der Waals surface area contributed by atoms with Gasteiger partial charge in [0.2, 0.25) is 0 Å². The number of carboxylic acids is 1. The fourth-order valence-electron chi connectivity index (χ4n) is 3.05. The van der Waals surface area contributed by atoms with Gasteiger partial charge in [-0.3, -0.25) is 0 Å². The number of carboxylic acid groups (broad SMARTS) is 1. The third-order valence-electron chi connectivity index (χ3n) is 4.18. The molecule has 0 saturated heterocycles. The van der Waals surface area contributed by atoms with Gasteiger partial charge in [0.1, 0.15) is 11.4 Å². The molecule has 0 aliphatic heterocycles. The first-order valence-electron chi connectivity index (χ1n) is 7.59. The quantitative estimate of drug-likeness (QED) is 0.743. The number of nitrogens with zero attached hydrogens (tertiary/aromatic N) is 1. The third-order valence-corrected chi connectivity index (χ3v) is 4.18. The number of hydrogen-bond acceptors (Lipinski definition) is 4. The SMILES string of the molecule is Cc1cc(C)c(C(=O)O)c(NCC2(O)CCCCCC2)n1. The van der Waals surface area contributed by atoms with Crippen molar-refractivity contribution in [2.24, 2.45) is 0 Å². The number of aromatic nitrogens is 1. The van der Waals surface area contributed by atoms with Crippen molar-refractivity contribution in [3.63, 3.8) is 0 Å². The average Bonchev–Trinajstić information content (AvgIpc) is 2.60. The fourth-order valence-corrected chi connectivity index (χ4v) is 3.05. The lowest BCUT2D eigenvalue weighted by atomic mass is 9.94. The Morgan fingerprint density at radius 1 is 1.29 bits per heavy atom. The topological polar surface area (TPSA) is 82.5 Å². The van der Waals surface area contributed by atoms with Crippen LogP contribution in [0.25, 0.3) is 0 Å². The summed E-state index contributed by atoms with van der Waals surface area (Å²) in [6, 6.07) is 1.76. The summed E-state index contributed by atoms with van der Waals surface area (Å²) in [5.41, 5.74) is 0.891. The second-order valence-corrected chi connectivity index (χ2v) is 6.10. The molecular formula is C16H24N2O3. The summed E-state index contributed by atoms with van der Waals surface area (Å²) >= 11 is 0. The number of aromatic carboxylic acids is 1. The third kappa shape index (κ3) is 3.94. The molecule has 0 radical (unpaired) electrons. The normalized spacial score (nSPS) is 18.0. The van der Waals surface area contributed by atoms with Gasteiger partial charge in [0.15, 0.2) is 0 Å². The molecule has 116 valence electrons. The zero-order valence-corrected chi connectivity index (χ0v) is 12.8. The summed E-state index contributed by atoms with van der Waals surface area (Å²) in [5.74, 6) is -0.631. The number of anilines is 1. The molecule has 1 heterocycles. The van der Waals surface area contributed by atoms with Crippen molar-refractivity contribution in [3.8, 4) is 0 Å². The lowest BCUT2D eigenvalue weighted by molar-refractivity contribution is 0.0379. The molecule has 0 unspecified atom stereocenters. The van der Waals surface area contributed by atoms with Crippen LogP contribution in [0.1, 0.15) is 60.1 Å². The maximum Gasteiger partial charge on any atom is 0.339 e. The number of carbonyl (C=O) groups is 1. The van der Waals surface area contributed by atoms with Crippen LogP contribution >= 0.6 is 0 Å². The summed E-state index contributed by atoms with van der Waals surface area (Å²) in [5, 5.41) is 23.1. The molecule has 21 heavy (non-hydrogen) atoms. The van der Waals surface area contributed by atoms with Crippen LogP contribution in [-0.4, -0.2) is 33.3 Å². The molecule has 0 aromatic carbocycles. The Morgan fingerprint density at radius 2 is 1.90 bits per heavy atom. The van der Waals surface area contributed by atoms with Crippen molar-refractivity contribution < 1.29 is 15.0 Å². The first-order valence-corrected chi connectivity index (χ1v) is 7.59. The van der Waals surface area contributed by atoms with E-state index in [4.69, 9.17) is 0 Å². The van der Waals surface area contributed by atoms with E-state index in [0.29, 0.717) is 17.9 Å². The highest BCUT2D eigenvalue weighted by Crippen LogP contribution is 2.28. The highest BCUT2D eigenvalue weighted by atomic mass is 16.4. The Balaban J connectivity index is 2.17. The molecule has 3 N–H and O–H groups in total. The van der Waals surface area contributed by atoms with Crippen molar-refractivity contribution in [2.45, 2.75) is 58.0 Å². The Morgan fingerprint density at radius 3 is 2.48 bits per heavy atom. The standard InChI is InChI=1S/C16H24N2O3/c1-11-9-12(2)18-14(13(11)15(19)20)17-10-16(21)7-5-3-4-6-8-16/h9,21H,3-8,10H2,1-2H3,(H,17,18)(H,19,20). The van der Waals surface area contributed by atoms with Gasteiger partial charge in [0.25, 0.3) is 0 Å². The van der Waals surface area contributed by atoms with Gasteiger partial charge in [0, 0.05) is 12.2 Å². The molecule has 1 aromatic rings. The zero-order valence-electron chi connectivity index (χ0n) is 12.8. The Bertz CT molecular complexity index is 520. The maximum absolute atomic E-state index is 11.4. The van der Waals surface area contributed by atoms with Crippen molar-refractivity contribution in [1.82, 2.24) is 4.98 Å². The van der Waals surface area contributed by atoms with Crippen LogP contribution in [-0.2, 0) is 0 Å². The van der Waals surface area contributed by atoms with Crippen LogP contribution in [0.3, 0.4) is 0 Å². The summed E-state index contributed by atoms with van der Waals surface area (Å²) < 4.78 is 0. The number of aliphatic hydroxyl groups is 1. The molecule has 1 fully saturated rings. The first-order chi connectivity index (χ1) is 9.91. The largest absolute Gasteiger partial charge is 0.478 e. The minimum absolute atomic E-state index is 0.192. The number of rotatable bonds is 4. The van der Waals surface area contributed by atoms with Crippen molar-refractivity contribution in [3.05, 3.63) is 22.9 Å². The summed E-state index contributed by atoms with van der Waals surface area (Å²) in [7, 11) is 0. The predicted molar refractivity (Wildman–Crippen MR) is 81.8 cm³/mol. The molecule has 0 amide bonds. The molecule has 2 rings (SSSR count). The molecule has 0 spiro atoms. The van der Waals surface area contributed by atoms with E-state index in [1.165, 1.54) is 0 Å². The van der Waals surface area contributed by atoms with Gasteiger partial charge in [-0.2, -0.15) is 0 Å². The number of pyridine rings is 1. The molecule has 5 heteroatoms. The lowest BCUT2D eigenvalue weighted by Gasteiger charge is -2.27. The highest BCUT2D eigenvalue weighted by molar-refractivity contribution is 5.94. The Kier molecular flexibility index (Phi) is 4.83. The van der Waals surface area contributed by atoms with E-state index < -0.39 is 11.6 Å². The van der Waals surface area contributed by atoms with E-state index in [0.717, 1.165) is 44.2 Å². The second kappa shape index (κ2) is 6.43. The molecule has 5 nitrogen and oxygen atoms in total. The van der Waals surface area contributed by atoms with Crippen molar-refractivity contribution >= 4 is 11.8 Å². The van der Waals surface area contributed by atoms with Gasteiger partial charge < -0.3 is 15.5 Å². The molecule has 1 aromatic heterocycles. The Labute approximate surface area is 125 Å². The molecule has 1 aliphatic carbocycles.